The molecule has 0 radical (unpaired) electrons. The van der Waals surface area contributed by atoms with E-state index in [1.807, 2.05) is 102 Å². The number of hydrogen-bond donors (Lipinski definition) is 2. The standard InChI is InChI=1S/C45H39FN12O2/c1-29(2)26-57(43(59)22-41-53-51-39-7-3-5-19-55(39)41)34-16-11-31(12-17-34)38-25-48-45(50-38)36-18-13-33(46)21-32(36)27-58(35-14-9-30(10-15-35)37-24-47-28-49-37)44(60)23-42-54-52-40-8-4-6-20-56(40)42/h3-21,24-25,28-29H,22-23,26-27H2,1-2H3,(H,47,49)(H,48,50). The first-order valence-corrected chi connectivity index (χ1v) is 19.5. The Labute approximate surface area is 343 Å². The van der Waals surface area contributed by atoms with E-state index in [9.17, 15) is 9.59 Å². The van der Waals surface area contributed by atoms with E-state index in [0.29, 0.717) is 52.1 Å². The highest BCUT2D eigenvalue weighted by Gasteiger charge is 2.24. The fraction of sp³-hybridized carbons (Fsp3) is 0.156. The smallest absolute Gasteiger partial charge is 0.234 e. The van der Waals surface area contributed by atoms with E-state index in [1.165, 1.54) is 12.1 Å². The molecule has 6 aromatic heterocycles. The lowest BCUT2D eigenvalue weighted by molar-refractivity contribution is -0.119. The molecule has 0 aliphatic carbocycles. The molecule has 0 spiro atoms. The average Bonchev–Trinajstić information content (AvgIpc) is 4.11. The van der Waals surface area contributed by atoms with E-state index in [0.717, 1.165) is 28.2 Å². The lowest BCUT2D eigenvalue weighted by Gasteiger charge is -2.25. The summed E-state index contributed by atoms with van der Waals surface area (Å²) in [5.41, 5.74) is 7.18. The van der Waals surface area contributed by atoms with Gasteiger partial charge in [-0.25, -0.2) is 14.4 Å². The van der Waals surface area contributed by atoms with Crippen molar-refractivity contribution >= 4 is 34.5 Å². The van der Waals surface area contributed by atoms with Gasteiger partial charge < -0.3 is 19.8 Å². The van der Waals surface area contributed by atoms with Crippen LogP contribution in [-0.4, -0.2) is 67.5 Å². The van der Waals surface area contributed by atoms with Gasteiger partial charge in [-0.2, -0.15) is 0 Å². The first-order chi connectivity index (χ1) is 29.3. The second-order valence-electron chi connectivity index (χ2n) is 14.8. The minimum atomic E-state index is -0.445. The number of fused-ring (bicyclic) bond motifs is 2. The summed E-state index contributed by atoms with van der Waals surface area (Å²) in [5, 5.41) is 17.0. The van der Waals surface area contributed by atoms with Gasteiger partial charge in [-0.3, -0.25) is 18.4 Å². The lowest BCUT2D eigenvalue weighted by Crippen LogP contribution is -2.35. The molecule has 3 aromatic carbocycles. The molecule has 9 rings (SSSR count). The number of halogens is 1. The molecule has 0 unspecified atom stereocenters. The third-order valence-electron chi connectivity index (χ3n) is 10.2. The molecule has 0 fully saturated rings. The van der Waals surface area contributed by atoms with Crippen molar-refractivity contribution in [1.29, 1.82) is 0 Å². The van der Waals surface area contributed by atoms with E-state index < -0.39 is 5.82 Å². The van der Waals surface area contributed by atoms with Crippen molar-refractivity contribution in [2.75, 3.05) is 16.3 Å². The number of aromatic amines is 2. The van der Waals surface area contributed by atoms with Gasteiger partial charge in [0, 0.05) is 35.9 Å². The molecule has 2 N–H and O–H groups in total. The van der Waals surface area contributed by atoms with E-state index in [4.69, 9.17) is 4.98 Å². The Morgan fingerprint density at radius 1 is 0.700 bits per heavy atom. The van der Waals surface area contributed by atoms with Crippen molar-refractivity contribution in [2.45, 2.75) is 33.2 Å². The van der Waals surface area contributed by atoms with Crippen LogP contribution < -0.4 is 9.80 Å². The second-order valence-corrected chi connectivity index (χ2v) is 14.8. The monoisotopic (exact) mass is 798 g/mol. The van der Waals surface area contributed by atoms with Gasteiger partial charge >= 0.3 is 0 Å². The maximum Gasteiger partial charge on any atom is 0.234 e. The number of nitrogens with zero attached hydrogens (tertiary/aromatic N) is 10. The van der Waals surface area contributed by atoms with Crippen molar-refractivity contribution in [3.63, 3.8) is 0 Å². The molecular formula is C45H39FN12O2. The molecule has 60 heavy (non-hydrogen) atoms. The Balaban J connectivity index is 0.986. The lowest BCUT2D eigenvalue weighted by atomic mass is 10.0. The molecule has 6 heterocycles. The van der Waals surface area contributed by atoms with Gasteiger partial charge in [-0.15, -0.1) is 20.4 Å². The van der Waals surface area contributed by atoms with Crippen LogP contribution in [0, 0.1) is 11.7 Å². The number of hydrogen-bond acceptors (Lipinski definition) is 8. The van der Waals surface area contributed by atoms with Crippen LogP contribution in [0.3, 0.4) is 0 Å². The van der Waals surface area contributed by atoms with Gasteiger partial charge in [0.1, 0.15) is 23.3 Å². The topological polar surface area (TPSA) is 158 Å². The summed E-state index contributed by atoms with van der Waals surface area (Å²) in [7, 11) is 0. The molecule has 9 aromatic rings. The van der Waals surface area contributed by atoms with Crippen molar-refractivity contribution in [3.05, 3.63) is 157 Å². The van der Waals surface area contributed by atoms with Crippen LogP contribution in [0.5, 0.6) is 0 Å². The molecule has 0 bridgehead atoms. The Bertz CT molecular complexity index is 2930. The molecule has 2 amide bonds. The van der Waals surface area contributed by atoms with Gasteiger partial charge in [0.2, 0.25) is 11.8 Å². The molecule has 0 aliphatic rings. The number of rotatable bonds is 13. The molecular weight excluding hydrogens is 760 g/mol. The summed E-state index contributed by atoms with van der Waals surface area (Å²) in [5.74, 6) is 1.00. The normalized spacial score (nSPS) is 11.5. The number of imidazole rings is 2. The van der Waals surface area contributed by atoms with Gasteiger partial charge in [0.15, 0.2) is 11.3 Å². The first kappa shape index (κ1) is 37.7. The predicted molar refractivity (Wildman–Crippen MR) is 225 cm³/mol. The maximum atomic E-state index is 15.1. The van der Waals surface area contributed by atoms with Crippen LogP contribution in [-0.2, 0) is 29.0 Å². The van der Waals surface area contributed by atoms with Gasteiger partial charge in [0.05, 0.1) is 49.5 Å². The molecule has 0 saturated heterocycles. The summed E-state index contributed by atoms with van der Waals surface area (Å²) in [6.45, 7) is 4.72. The van der Waals surface area contributed by atoms with Crippen LogP contribution >= 0.6 is 0 Å². The largest absolute Gasteiger partial charge is 0.345 e. The zero-order valence-electron chi connectivity index (χ0n) is 32.8. The van der Waals surface area contributed by atoms with Crippen LogP contribution in [0.15, 0.2) is 134 Å². The summed E-state index contributed by atoms with van der Waals surface area (Å²) in [6.07, 6.45) is 8.78. The Kier molecular flexibility index (Phi) is 10.2. The Morgan fingerprint density at radius 2 is 1.30 bits per heavy atom. The summed E-state index contributed by atoms with van der Waals surface area (Å²) in [4.78, 5) is 46.8. The number of benzene rings is 3. The van der Waals surface area contributed by atoms with Crippen molar-refractivity contribution in [3.8, 4) is 33.9 Å². The fourth-order valence-electron chi connectivity index (χ4n) is 7.28. The Morgan fingerprint density at radius 3 is 1.90 bits per heavy atom. The van der Waals surface area contributed by atoms with Crippen LogP contribution in [0.2, 0.25) is 0 Å². The zero-order valence-corrected chi connectivity index (χ0v) is 32.8. The zero-order chi connectivity index (χ0) is 41.2. The number of amides is 2. The van der Waals surface area contributed by atoms with Crippen molar-refractivity contribution in [1.82, 2.24) is 49.1 Å². The molecule has 14 nitrogen and oxygen atoms in total. The number of pyridine rings is 2. The fourth-order valence-corrected chi connectivity index (χ4v) is 7.28. The van der Waals surface area contributed by atoms with E-state index >= 15 is 4.39 Å². The highest BCUT2D eigenvalue weighted by Crippen LogP contribution is 2.31. The van der Waals surface area contributed by atoms with Crippen LogP contribution in [0.4, 0.5) is 15.8 Å². The molecule has 298 valence electrons. The van der Waals surface area contributed by atoms with Crippen molar-refractivity contribution in [2.24, 2.45) is 5.92 Å². The summed E-state index contributed by atoms with van der Waals surface area (Å²) in [6, 6.07) is 30.9. The van der Waals surface area contributed by atoms with Gasteiger partial charge in [0.25, 0.3) is 0 Å². The summed E-state index contributed by atoms with van der Waals surface area (Å²) >= 11 is 0. The molecule has 15 heteroatoms. The predicted octanol–water partition coefficient (Wildman–Crippen LogP) is 7.37. The van der Waals surface area contributed by atoms with Crippen molar-refractivity contribution < 1.29 is 14.0 Å². The number of carbonyl (C=O) groups excluding carboxylic acids is 2. The van der Waals surface area contributed by atoms with Crippen LogP contribution in [0.1, 0.15) is 31.1 Å². The minimum Gasteiger partial charge on any atom is -0.345 e. The van der Waals surface area contributed by atoms with E-state index in [-0.39, 0.29) is 37.1 Å². The van der Waals surface area contributed by atoms with Gasteiger partial charge in [-0.1, -0.05) is 50.2 Å². The summed E-state index contributed by atoms with van der Waals surface area (Å²) < 4.78 is 18.7. The number of anilines is 2. The number of nitrogens with one attached hydrogen (secondary N) is 2. The average molecular weight is 799 g/mol. The van der Waals surface area contributed by atoms with E-state index in [1.54, 1.807) is 39.0 Å². The molecule has 0 saturated carbocycles. The maximum absolute atomic E-state index is 15.1. The Hall–Kier alpha value is -7.81. The quantitative estimate of drug-likeness (QED) is 0.122. The number of aromatic nitrogens is 10. The number of H-pyrrole nitrogens is 2. The molecule has 0 atom stereocenters. The first-order valence-electron chi connectivity index (χ1n) is 19.5. The number of carbonyl (C=O) groups is 2. The highest BCUT2D eigenvalue weighted by atomic mass is 19.1. The minimum absolute atomic E-state index is 0.0428. The third-order valence-corrected chi connectivity index (χ3v) is 10.2. The van der Waals surface area contributed by atoms with Gasteiger partial charge in [-0.05, 0) is 89.3 Å². The SMILES string of the molecule is CC(C)CN(C(=O)Cc1nnc2ccccn12)c1ccc(-c2cnc(-c3ccc(F)cc3CN(C(=O)Cc3nnc4ccccn34)c3ccc(-c4cnc[nH]4)cc3)[nH]2)cc1. The highest BCUT2D eigenvalue weighted by molar-refractivity contribution is 5.95. The van der Waals surface area contributed by atoms with Crippen LogP contribution in [0.25, 0.3) is 45.2 Å². The third kappa shape index (κ3) is 7.75. The molecule has 0 aliphatic heterocycles. The van der Waals surface area contributed by atoms with E-state index in [2.05, 4.69) is 49.2 Å². The second kappa shape index (κ2) is 16.2.